The third kappa shape index (κ3) is 4.34. The molecule has 2 N–H and O–H groups in total. The van der Waals surface area contributed by atoms with Gasteiger partial charge in [0, 0.05) is 18.3 Å². The van der Waals surface area contributed by atoms with Gasteiger partial charge in [-0.25, -0.2) is 9.29 Å². The van der Waals surface area contributed by atoms with Crippen LogP contribution in [-0.4, -0.2) is 17.7 Å². The molecule has 0 aliphatic carbocycles. The number of hydrogen-bond donors (Lipinski definition) is 2. The predicted octanol–water partition coefficient (Wildman–Crippen LogP) is 4.05. The molecule has 3 aromatic rings. The number of nitriles is 1. The largest absolute Gasteiger partial charge is 0.350 e. The van der Waals surface area contributed by atoms with Crippen molar-refractivity contribution in [2.24, 2.45) is 0 Å². The van der Waals surface area contributed by atoms with E-state index in [0.29, 0.717) is 28.2 Å². The number of anilines is 3. The molecule has 162 valence electrons. The third-order valence-corrected chi connectivity index (χ3v) is 4.95. The minimum absolute atomic E-state index is 0.0308. The van der Waals surface area contributed by atoms with Crippen LogP contribution in [0.2, 0.25) is 0 Å². The van der Waals surface area contributed by atoms with Crippen molar-refractivity contribution in [1.29, 1.82) is 5.26 Å². The van der Waals surface area contributed by atoms with Crippen molar-refractivity contribution in [1.82, 2.24) is 0 Å². The molecule has 3 aromatic carbocycles. The van der Waals surface area contributed by atoms with Crippen LogP contribution in [-0.2, 0) is 14.4 Å². The van der Waals surface area contributed by atoms with Crippen LogP contribution < -0.4 is 15.5 Å². The Morgan fingerprint density at radius 3 is 2.06 bits per heavy atom. The van der Waals surface area contributed by atoms with Crippen LogP contribution >= 0.6 is 0 Å². The van der Waals surface area contributed by atoms with Gasteiger partial charge in [-0.1, -0.05) is 12.1 Å². The maximum absolute atomic E-state index is 13.5. The molecular weight excluding hydrogens is 423 g/mol. The van der Waals surface area contributed by atoms with Crippen LogP contribution in [0.4, 0.5) is 21.5 Å². The second-order valence-corrected chi connectivity index (χ2v) is 7.24. The maximum atomic E-state index is 13.5. The average molecular weight is 440 g/mol. The molecule has 1 aliphatic heterocycles. The number of amides is 3. The van der Waals surface area contributed by atoms with Crippen molar-refractivity contribution in [2.75, 3.05) is 15.5 Å². The van der Waals surface area contributed by atoms with Gasteiger partial charge in [0.15, 0.2) is 0 Å². The van der Waals surface area contributed by atoms with Crippen LogP contribution in [0, 0.1) is 17.1 Å². The van der Waals surface area contributed by atoms with E-state index in [1.54, 1.807) is 24.3 Å². The van der Waals surface area contributed by atoms with Crippen molar-refractivity contribution < 1.29 is 18.8 Å². The van der Waals surface area contributed by atoms with E-state index < -0.39 is 17.6 Å². The smallest absolute Gasteiger partial charge is 0.282 e. The maximum Gasteiger partial charge on any atom is 0.282 e. The molecule has 3 amide bonds. The van der Waals surface area contributed by atoms with Gasteiger partial charge in [0.1, 0.15) is 11.5 Å². The summed E-state index contributed by atoms with van der Waals surface area (Å²) in [4.78, 5) is 38.9. The zero-order valence-electron chi connectivity index (χ0n) is 17.4. The van der Waals surface area contributed by atoms with Crippen molar-refractivity contribution in [3.8, 4) is 6.07 Å². The molecule has 0 saturated heterocycles. The number of carbonyl (C=O) groups excluding carboxylic acids is 3. The first-order valence-electron chi connectivity index (χ1n) is 9.91. The minimum atomic E-state index is -0.588. The molecule has 0 radical (unpaired) electrons. The molecule has 0 bridgehead atoms. The van der Waals surface area contributed by atoms with E-state index >= 15 is 0 Å². The molecule has 0 spiro atoms. The van der Waals surface area contributed by atoms with Gasteiger partial charge in [0.05, 0.1) is 22.9 Å². The summed E-state index contributed by atoms with van der Waals surface area (Å²) in [7, 11) is 0. The van der Waals surface area contributed by atoms with Crippen LogP contribution in [0.25, 0.3) is 5.57 Å². The SMILES string of the molecule is CC(=O)Nc1ccc(NC2=C(c3ccc(F)cc3)C(=O)N(c3ccc(C#N)cc3)C2=O)cc1. The van der Waals surface area contributed by atoms with E-state index in [4.69, 9.17) is 5.26 Å². The highest BCUT2D eigenvalue weighted by Gasteiger charge is 2.40. The molecule has 0 unspecified atom stereocenters. The lowest BCUT2D eigenvalue weighted by Crippen LogP contribution is -2.32. The van der Waals surface area contributed by atoms with Crippen molar-refractivity contribution in [2.45, 2.75) is 6.92 Å². The Morgan fingerprint density at radius 1 is 0.879 bits per heavy atom. The normalized spacial score (nSPS) is 13.2. The van der Waals surface area contributed by atoms with Crippen molar-refractivity contribution in [3.63, 3.8) is 0 Å². The average Bonchev–Trinajstić information content (AvgIpc) is 3.05. The summed E-state index contributed by atoms with van der Waals surface area (Å²) in [5.41, 5.74) is 2.29. The monoisotopic (exact) mass is 440 g/mol. The number of halogens is 1. The number of imide groups is 1. The van der Waals surface area contributed by atoms with E-state index in [1.807, 2.05) is 6.07 Å². The van der Waals surface area contributed by atoms with E-state index in [2.05, 4.69) is 10.6 Å². The molecule has 1 heterocycles. The van der Waals surface area contributed by atoms with Crippen LogP contribution in [0.5, 0.6) is 0 Å². The van der Waals surface area contributed by atoms with Crippen molar-refractivity contribution >= 4 is 40.4 Å². The quantitative estimate of drug-likeness (QED) is 0.583. The van der Waals surface area contributed by atoms with Gasteiger partial charge < -0.3 is 10.6 Å². The van der Waals surface area contributed by atoms with Gasteiger partial charge in [-0.05, 0) is 66.2 Å². The molecule has 0 saturated carbocycles. The summed E-state index contributed by atoms with van der Waals surface area (Å²) in [5, 5.41) is 14.7. The van der Waals surface area contributed by atoms with Gasteiger partial charge in [-0.2, -0.15) is 5.26 Å². The highest BCUT2D eigenvalue weighted by atomic mass is 19.1. The zero-order chi connectivity index (χ0) is 23.5. The second-order valence-electron chi connectivity index (χ2n) is 7.24. The third-order valence-electron chi connectivity index (χ3n) is 4.95. The Morgan fingerprint density at radius 2 is 1.48 bits per heavy atom. The molecule has 0 atom stereocenters. The number of rotatable bonds is 5. The summed E-state index contributed by atoms with van der Waals surface area (Å²) in [6.45, 7) is 1.40. The van der Waals surface area contributed by atoms with Crippen LogP contribution in [0.15, 0.2) is 78.5 Å². The first-order chi connectivity index (χ1) is 15.9. The summed E-state index contributed by atoms with van der Waals surface area (Å²) >= 11 is 0. The van der Waals surface area contributed by atoms with Gasteiger partial charge in [-0.3, -0.25) is 14.4 Å². The van der Waals surface area contributed by atoms with Gasteiger partial charge in [-0.15, -0.1) is 0 Å². The Kier molecular flexibility index (Phi) is 5.70. The van der Waals surface area contributed by atoms with E-state index in [-0.39, 0.29) is 17.2 Å². The molecule has 0 aromatic heterocycles. The summed E-state index contributed by atoms with van der Waals surface area (Å²) in [6, 6.07) is 20.0. The molecule has 33 heavy (non-hydrogen) atoms. The topological polar surface area (TPSA) is 102 Å². The van der Waals surface area contributed by atoms with Crippen molar-refractivity contribution in [3.05, 3.63) is 95.4 Å². The highest BCUT2D eigenvalue weighted by molar-refractivity contribution is 6.46. The standard InChI is InChI=1S/C25H17FN4O3/c1-15(31)28-19-8-10-20(11-9-19)29-23-22(17-4-6-18(26)7-5-17)24(32)30(25(23)33)21-12-2-16(14-27)3-13-21/h2-13,29H,1H3,(H,28,31). The van der Waals surface area contributed by atoms with Gasteiger partial charge >= 0.3 is 0 Å². The zero-order valence-corrected chi connectivity index (χ0v) is 17.4. The number of hydrogen-bond acceptors (Lipinski definition) is 5. The molecule has 1 aliphatic rings. The van der Waals surface area contributed by atoms with Crippen LogP contribution in [0.1, 0.15) is 18.1 Å². The lowest BCUT2D eigenvalue weighted by Gasteiger charge is -2.15. The molecule has 7 nitrogen and oxygen atoms in total. The fraction of sp³-hybridized carbons (Fsp3) is 0.0400. The van der Waals surface area contributed by atoms with E-state index in [9.17, 15) is 18.8 Å². The molecule has 8 heteroatoms. The second kappa shape index (κ2) is 8.77. The molecule has 0 fully saturated rings. The first kappa shape index (κ1) is 21.5. The Hall–Kier alpha value is -4.77. The Balaban J connectivity index is 1.74. The molecule has 4 rings (SSSR count). The first-order valence-corrected chi connectivity index (χ1v) is 9.91. The highest BCUT2D eigenvalue weighted by Crippen LogP contribution is 2.34. The lowest BCUT2D eigenvalue weighted by molar-refractivity contribution is -0.120. The lowest BCUT2D eigenvalue weighted by atomic mass is 10.0. The fourth-order valence-corrected chi connectivity index (χ4v) is 3.43. The van der Waals surface area contributed by atoms with E-state index in [0.717, 1.165) is 4.90 Å². The fourth-order valence-electron chi connectivity index (χ4n) is 3.43. The van der Waals surface area contributed by atoms with E-state index in [1.165, 1.54) is 55.5 Å². The number of nitrogens with one attached hydrogen (secondary N) is 2. The van der Waals surface area contributed by atoms with Gasteiger partial charge in [0.25, 0.3) is 11.8 Å². The predicted molar refractivity (Wildman–Crippen MR) is 121 cm³/mol. The summed E-state index contributed by atoms with van der Waals surface area (Å²) < 4.78 is 13.5. The Labute approximate surface area is 188 Å². The summed E-state index contributed by atoms with van der Waals surface area (Å²) in [6.07, 6.45) is 0. The number of nitrogens with zero attached hydrogens (tertiary/aromatic N) is 2. The Bertz CT molecular complexity index is 1320. The van der Waals surface area contributed by atoms with Crippen LogP contribution in [0.3, 0.4) is 0 Å². The number of benzene rings is 3. The summed E-state index contributed by atoms with van der Waals surface area (Å²) in [5.74, 6) is -1.85. The molecular formula is C25H17FN4O3. The minimum Gasteiger partial charge on any atom is -0.350 e. The van der Waals surface area contributed by atoms with Gasteiger partial charge in [0.2, 0.25) is 5.91 Å². The number of carbonyl (C=O) groups is 3.